The molecule has 0 radical (unpaired) electrons. The number of nitrogens with one attached hydrogen (secondary N) is 1. The lowest BCUT2D eigenvalue weighted by Crippen LogP contribution is -2.07. The van der Waals surface area contributed by atoms with Crippen LogP contribution in [0, 0.1) is 6.92 Å². The van der Waals surface area contributed by atoms with Gasteiger partial charge in [0, 0.05) is 9.75 Å². The monoisotopic (exact) mass is 234 g/mol. The van der Waals surface area contributed by atoms with Gasteiger partial charge in [0.05, 0.1) is 18.4 Å². The van der Waals surface area contributed by atoms with Crippen LogP contribution in [0.5, 0.6) is 0 Å². The van der Waals surface area contributed by atoms with Crippen LogP contribution in [0.15, 0.2) is 24.5 Å². The van der Waals surface area contributed by atoms with Crippen LogP contribution in [-0.4, -0.2) is 9.97 Å². The first kappa shape index (κ1) is 10.9. The van der Waals surface area contributed by atoms with E-state index in [9.17, 15) is 0 Å². The van der Waals surface area contributed by atoms with Crippen LogP contribution in [0.2, 0.25) is 0 Å². The summed E-state index contributed by atoms with van der Waals surface area (Å²) >= 11 is 1.78. The molecule has 84 valence electrons. The number of nitrogens with two attached hydrogens (primary N) is 1. The molecule has 0 bridgehead atoms. The highest BCUT2D eigenvalue weighted by molar-refractivity contribution is 7.12. The maximum absolute atomic E-state index is 5.57. The summed E-state index contributed by atoms with van der Waals surface area (Å²) in [6.45, 7) is 4.19. The Morgan fingerprint density at radius 1 is 1.38 bits per heavy atom. The molecule has 1 atom stereocenters. The number of nitrogen functional groups attached to an aromatic ring is 1. The fourth-order valence-corrected chi connectivity index (χ4v) is 2.31. The predicted molar refractivity (Wildman–Crippen MR) is 67.5 cm³/mol. The van der Waals surface area contributed by atoms with Crippen molar-refractivity contribution in [3.63, 3.8) is 0 Å². The Morgan fingerprint density at radius 2 is 2.19 bits per heavy atom. The molecule has 3 N–H and O–H groups in total. The molecule has 0 aliphatic rings. The van der Waals surface area contributed by atoms with Crippen molar-refractivity contribution in [2.45, 2.75) is 19.9 Å². The summed E-state index contributed by atoms with van der Waals surface area (Å²) in [5.41, 5.74) is 5.57. The van der Waals surface area contributed by atoms with E-state index in [1.807, 2.05) is 0 Å². The Balaban J connectivity index is 2.10. The van der Waals surface area contributed by atoms with Crippen molar-refractivity contribution in [1.29, 1.82) is 0 Å². The highest BCUT2D eigenvalue weighted by Gasteiger charge is 2.08. The third-order valence-electron chi connectivity index (χ3n) is 2.21. The minimum absolute atomic E-state index is 0.217. The summed E-state index contributed by atoms with van der Waals surface area (Å²) in [6.07, 6.45) is 3.21. The number of nitrogens with zero attached hydrogens (tertiary/aromatic N) is 2. The average Bonchev–Trinajstić information content (AvgIpc) is 2.65. The van der Waals surface area contributed by atoms with Crippen LogP contribution in [0.25, 0.3) is 0 Å². The van der Waals surface area contributed by atoms with E-state index >= 15 is 0 Å². The quantitative estimate of drug-likeness (QED) is 0.856. The summed E-state index contributed by atoms with van der Waals surface area (Å²) in [5, 5.41) is 3.27. The Labute approximate surface area is 98.6 Å². The molecule has 2 aromatic rings. The van der Waals surface area contributed by atoms with E-state index in [4.69, 9.17) is 5.73 Å². The molecule has 5 heteroatoms. The van der Waals surface area contributed by atoms with Gasteiger partial charge in [-0.1, -0.05) is 0 Å². The number of aromatic nitrogens is 2. The largest absolute Gasteiger partial charge is 0.382 e. The SMILES string of the molecule is Cc1ccc(C(C)Nc2cncc(N)n2)s1. The van der Waals surface area contributed by atoms with Crippen molar-refractivity contribution in [2.24, 2.45) is 0 Å². The Morgan fingerprint density at radius 3 is 2.81 bits per heavy atom. The van der Waals surface area contributed by atoms with Gasteiger partial charge in [0.2, 0.25) is 0 Å². The smallest absolute Gasteiger partial charge is 0.147 e. The lowest BCUT2D eigenvalue weighted by atomic mass is 10.3. The summed E-state index contributed by atoms with van der Waals surface area (Å²) in [7, 11) is 0. The van der Waals surface area contributed by atoms with Crippen molar-refractivity contribution < 1.29 is 0 Å². The van der Waals surface area contributed by atoms with Crippen molar-refractivity contribution in [1.82, 2.24) is 9.97 Å². The molecule has 0 aliphatic heterocycles. The number of rotatable bonds is 3. The van der Waals surface area contributed by atoms with Gasteiger partial charge in [-0.25, -0.2) is 4.98 Å². The van der Waals surface area contributed by atoms with Gasteiger partial charge >= 0.3 is 0 Å². The Bertz CT molecular complexity index is 480. The zero-order valence-electron chi connectivity index (χ0n) is 9.27. The van der Waals surface area contributed by atoms with Crippen molar-refractivity contribution in [3.8, 4) is 0 Å². The second-order valence-electron chi connectivity index (χ2n) is 3.64. The van der Waals surface area contributed by atoms with Crippen molar-refractivity contribution >= 4 is 23.0 Å². The summed E-state index contributed by atoms with van der Waals surface area (Å²) in [4.78, 5) is 10.7. The highest BCUT2D eigenvalue weighted by Crippen LogP contribution is 2.24. The maximum Gasteiger partial charge on any atom is 0.147 e. The molecule has 0 saturated heterocycles. The number of thiophene rings is 1. The fourth-order valence-electron chi connectivity index (χ4n) is 1.43. The Hall–Kier alpha value is -1.62. The standard InChI is InChI=1S/C11H14N4S/c1-7-3-4-9(16-7)8(2)14-11-6-13-5-10(12)15-11/h3-6,8H,1-2H3,(H3,12,14,15). The van der Waals surface area contributed by atoms with Gasteiger partial charge in [0.15, 0.2) is 0 Å². The van der Waals surface area contributed by atoms with Crippen LogP contribution in [-0.2, 0) is 0 Å². The van der Waals surface area contributed by atoms with E-state index in [1.54, 1.807) is 17.5 Å². The van der Waals surface area contributed by atoms with Crippen LogP contribution < -0.4 is 11.1 Å². The van der Waals surface area contributed by atoms with Gasteiger partial charge in [-0.05, 0) is 26.0 Å². The first-order valence-electron chi connectivity index (χ1n) is 5.05. The van der Waals surface area contributed by atoms with Crippen LogP contribution in [0.4, 0.5) is 11.6 Å². The topological polar surface area (TPSA) is 63.8 Å². The van der Waals surface area contributed by atoms with Gasteiger partial charge < -0.3 is 11.1 Å². The lowest BCUT2D eigenvalue weighted by molar-refractivity contribution is 0.893. The van der Waals surface area contributed by atoms with E-state index in [0.29, 0.717) is 11.6 Å². The van der Waals surface area contributed by atoms with Crippen LogP contribution in [0.3, 0.4) is 0 Å². The van der Waals surface area contributed by atoms with E-state index < -0.39 is 0 Å². The summed E-state index contributed by atoms with van der Waals surface area (Å²) in [6, 6.07) is 4.45. The van der Waals surface area contributed by atoms with Gasteiger partial charge in [0.1, 0.15) is 11.6 Å². The minimum Gasteiger partial charge on any atom is -0.382 e. The maximum atomic E-state index is 5.57. The molecule has 2 aromatic heterocycles. The van der Waals surface area contributed by atoms with Crippen molar-refractivity contribution in [2.75, 3.05) is 11.1 Å². The average molecular weight is 234 g/mol. The fraction of sp³-hybridized carbons (Fsp3) is 0.273. The predicted octanol–water partition coefficient (Wildman–Crippen LogP) is 2.60. The zero-order valence-corrected chi connectivity index (χ0v) is 10.1. The van der Waals surface area contributed by atoms with Crippen LogP contribution >= 0.6 is 11.3 Å². The van der Waals surface area contributed by atoms with Gasteiger partial charge in [-0.15, -0.1) is 11.3 Å². The van der Waals surface area contributed by atoms with E-state index in [1.165, 1.54) is 16.0 Å². The summed E-state index contributed by atoms with van der Waals surface area (Å²) < 4.78 is 0. The lowest BCUT2D eigenvalue weighted by Gasteiger charge is -2.12. The third-order valence-corrected chi connectivity index (χ3v) is 3.39. The van der Waals surface area contributed by atoms with Crippen molar-refractivity contribution in [3.05, 3.63) is 34.3 Å². The van der Waals surface area contributed by atoms with E-state index in [0.717, 1.165) is 0 Å². The van der Waals surface area contributed by atoms with Gasteiger partial charge in [0.25, 0.3) is 0 Å². The third kappa shape index (κ3) is 2.49. The molecule has 0 amide bonds. The van der Waals surface area contributed by atoms with Gasteiger partial charge in [-0.3, -0.25) is 4.98 Å². The molecular weight excluding hydrogens is 220 g/mol. The number of hydrogen-bond acceptors (Lipinski definition) is 5. The molecule has 2 heterocycles. The number of anilines is 2. The first-order valence-corrected chi connectivity index (χ1v) is 5.87. The second-order valence-corrected chi connectivity index (χ2v) is 4.96. The molecular formula is C11H14N4S. The number of aryl methyl sites for hydroxylation is 1. The molecule has 0 aromatic carbocycles. The zero-order chi connectivity index (χ0) is 11.5. The molecule has 16 heavy (non-hydrogen) atoms. The highest BCUT2D eigenvalue weighted by atomic mass is 32.1. The van der Waals surface area contributed by atoms with Crippen LogP contribution in [0.1, 0.15) is 22.7 Å². The molecule has 2 rings (SSSR count). The molecule has 4 nitrogen and oxygen atoms in total. The van der Waals surface area contributed by atoms with Gasteiger partial charge in [-0.2, -0.15) is 0 Å². The number of hydrogen-bond donors (Lipinski definition) is 2. The second kappa shape index (κ2) is 4.49. The van der Waals surface area contributed by atoms with E-state index in [-0.39, 0.29) is 6.04 Å². The minimum atomic E-state index is 0.217. The molecule has 0 saturated carbocycles. The first-order chi connectivity index (χ1) is 7.65. The summed E-state index contributed by atoms with van der Waals surface area (Å²) in [5.74, 6) is 1.14. The normalized spacial score (nSPS) is 12.4. The molecule has 0 aliphatic carbocycles. The molecule has 1 unspecified atom stereocenters. The molecule has 0 spiro atoms. The molecule has 0 fully saturated rings. The Kier molecular flexibility index (Phi) is 3.05. The van der Waals surface area contributed by atoms with E-state index in [2.05, 4.69) is 41.3 Å².